The summed E-state index contributed by atoms with van der Waals surface area (Å²) in [6.07, 6.45) is 0. The quantitative estimate of drug-likeness (QED) is 0.140. The molecular formula is C90H56N2. The molecule has 0 aromatic heterocycles. The molecule has 0 radical (unpaired) electrons. The van der Waals surface area contributed by atoms with E-state index < -0.39 is 10.8 Å². The van der Waals surface area contributed by atoms with Crippen molar-refractivity contribution < 1.29 is 0 Å². The molecule has 2 nitrogen and oxygen atoms in total. The summed E-state index contributed by atoms with van der Waals surface area (Å²) >= 11 is 0. The second-order valence-corrected chi connectivity index (χ2v) is 25.3. The van der Waals surface area contributed by atoms with Gasteiger partial charge in [-0.15, -0.1) is 0 Å². The Labute approximate surface area is 534 Å². The molecule has 92 heavy (non-hydrogen) atoms. The first-order valence-electron chi connectivity index (χ1n) is 32.2. The Balaban J connectivity index is 0.834. The molecule has 0 N–H and O–H groups in total. The van der Waals surface area contributed by atoms with E-state index in [2.05, 4.69) is 350 Å². The van der Waals surface area contributed by atoms with Crippen molar-refractivity contribution in [2.45, 2.75) is 10.8 Å². The summed E-state index contributed by atoms with van der Waals surface area (Å²) in [5.74, 6) is 0. The van der Waals surface area contributed by atoms with Gasteiger partial charge in [-0.05, 0) is 170 Å². The molecule has 0 unspecified atom stereocenters. The van der Waals surface area contributed by atoms with Crippen molar-refractivity contribution in [3.8, 4) is 66.8 Å². The Morgan fingerprint density at radius 2 is 0.467 bits per heavy atom. The molecule has 16 aromatic carbocycles. The Morgan fingerprint density at radius 1 is 0.185 bits per heavy atom. The molecule has 0 bridgehead atoms. The molecule has 20 rings (SSSR count). The molecule has 0 amide bonds. The van der Waals surface area contributed by atoms with Crippen LogP contribution in [0.2, 0.25) is 0 Å². The van der Waals surface area contributed by atoms with Gasteiger partial charge in [-0.25, -0.2) is 0 Å². The molecule has 0 heterocycles. The third-order valence-corrected chi connectivity index (χ3v) is 21.0. The van der Waals surface area contributed by atoms with Gasteiger partial charge >= 0.3 is 0 Å². The van der Waals surface area contributed by atoms with E-state index in [1.54, 1.807) is 0 Å². The van der Waals surface area contributed by atoms with Crippen molar-refractivity contribution in [3.05, 3.63) is 384 Å². The molecule has 2 spiro atoms. The third kappa shape index (κ3) is 6.77. The Morgan fingerprint density at radius 3 is 0.826 bits per heavy atom. The molecule has 2 heteroatoms. The van der Waals surface area contributed by atoms with Gasteiger partial charge in [0.2, 0.25) is 0 Å². The van der Waals surface area contributed by atoms with Crippen LogP contribution in [0.15, 0.2) is 340 Å². The molecule has 0 saturated carbocycles. The lowest BCUT2D eigenvalue weighted by Gasteiger charge is -2.33. The molecular weight excluding hydrogens is 1110 g/mol. The number of anilines is 6. The monoisotopic (exact) mass is 1160 g/mol. The molecule has 426 valence electrons. The first-order valence-corrected chi connectivity index (χ1v) is 32.2. The smallest absolute Gasteiger partial charge is 0.0726 e. The van der Waals surface area contributed by atoms with Gasteiger partial charge < -0.3 is 9.80 Å². The normalized spacial score (nSPS) is 13.6. The lowest BCUT2D eigenvalue weighted by Crippen LogP contribution is -2.26. The van der Waals surface area contributed by atoms with Crippen LogP contribution in [0.4, 0.5) is 34.1 Å². The van der Waals surface area contributed by atoms with Crippen molar-refractivity contribution in [3.63, 3.8) is 0 Å². The van der Waals surface area contributed by atoms with Crippen molar-refractivity contribution in [1.82, 2.24) is 0 Å². The highest BCUT2D eigenvalue weighted by Gasteiger charge is 2.54. The minimum Gasteiger partial charge on any atom is -0.309 e. The molecule has 16 aromatic rings. The third-order valence-electron chi connectivity index (χ3n) is 21.0. The molecule has 0 saturated heterocycles. The fraction of sp³-hybridized carbons (Fsp3) is 0.0222. The topological polar surface area (TPSA) is 6.48 Å². The van der Waals surface area contributed by atoms with E-state index in [1.807, 2.05) is 0 Å². The van der Waals surface area contributed by atoms with Crippen LogP contribution in [0.25, 0.3) is 99.1 Å². The Kier molecular flexibility index (Phi) is 10.7. The highest BCUT2D eigenvalue weighted by Crippen LogP contribution is 2.67. The number of fused-ring (bicyclic) bond motifs is 20. The van der Waals surface area contributed by atoms with E-state index in [9.17, 15) is 0 Å². The summed E-state index contributed by atoms with van der Waals surface area (Å²) in [5.41, 5.74) is 31.3. The molecule has 0 fully saturated rings. The first kappa shape index (κ1) is 51.1. The second-order valence-electron chi connectivity index (χ2n) is 25.3. The highest BCUT2D eigenvalue weighted by atomic mass is 15.2. The van der Waals surface area contributed by atoms with Gasteiger partial charge in [0.15, 0.2) is 0 Å². The first-order chi connectivity index (χ1) is 45.7. The fourth-order valence-corrected chi connectivity index (χ4v) is 17.5. The predicted molar refractivity (Wildman–Crippen MR) is 383 cm³/mol. The summed E-state index contributed by atoms with van der Waals surface area (Å²) in [7, 11) is 0. The standard InChI is InChI=1S/C90H56N2/c1-3-21-57(22-4-1)59-41-49-63(50-42-59)91(83-39-19-37-79-87(83)69-29-11-17-35-77(69)89(79)73-31-13-7-25-65(73)66-26-8-14-32-74(66)89)81-55-47-61-46-54-72-82(56-48-62-45-53-71(81)85(61)86(62)72)92(64-51-43-60(44-52-64)58-23-5-2-6-24-58)84-40-20-38-80-88(84)70-30-12-18-36-78(70)90(80)75-33-15-9-27-67(75)68-28-10-16-34-76(68)90/h1-56H. The van der Waals surface area contributed by atoms with E-state index in [1.165, 1.54) is 144 Å². The number of hydrogen-bond donors (Lipinski definition) is 0. The van der Waals surface area contributed by atoms with Crippen LogP contribution in [0, 0.1) is 0 Å². The number of nitrogens with zero attached hydrogens (tertiary/aromatic N) is 2. The summed E-state index contributed by atoms with van der Waals surface area (Å²) in [4.78, 5) is 5.15. The molecule has 4 aliphatic carbocycles. The van der Waals surface area contributed by atoms with Gasteiger partial charge in [0, 0.05) is 33.3 Å². The molecule has 0 atom stereocenters. The lowest BCUT2D eigenvalue weighted by atomic mass is 9.70. The maximum atomic E-state index is 2.57. The Hall–Kier alpha value is -11.8. The zero-order valence-electron chi connectivity index (χ0n) is 50.2. The maximum absolute atomic E-state index is 2.57. The van der Waals surface area contributed by atoms with Crippen LogP contribution in [0.3, 0.4) is 0 Å². The van der Waals surface area contributed by atoms with Crippen LogP contribution in [-0.2, 0) is 10.8 Å². The van der Waals surface area contributed by atoms with Crippen molar-refractivity contribution in [2.24, 2.45) is 0 Å². The predicted octanol–water partition coefficient (Wildman–Crippen LogP) is 23.5. The molecule has 4 aliphatic rings. The summed E-state index contributed by atoms with van der Waals surface area (Å²) < 4.78 is 0. The summed E-state index contributed by atoms with van der Waals surface area (Å²) in [5, 5.41) is 7.27. The largest absolute Gasteiger partial charge is 0.309 e. The molecule has 0 aliphatic heterocycles. The zero-order chi connectivity index (χ0) is 60.2. The zero-order valence-corrected chi connectivity index (χ0v) is 50.2. The number of rotatable bonds is 8. The van der Waals surface area contributed by atoms with E-state index in [0.29, 0.717) is 0 Å². The van der Waals surface area contributed by atoms with E-state index >= 15 is 0 Å². The number of hydrogen-bond acceptors (Lipinski definition) is 2. The van der Waals surface area contributed by atoms with Crippen LogP contribution >= 0.6 is 0 Å². The summed E-state index contributed by atoms with van der Waals surface area (Å²) in [6, 6.07) is 128. The fourth-order valence-electron chi connectivity index (χ4n) is 17.5. The highest BCUT2D eigenvalue weighted by molar-refractivity contribution is 6.28. The average molecular weight is 1170 g/mol. The second kappa shape index (κ2) is 19.3. The van der Waals surface area contributed by atoms with Crippen LogP contribution in [-0.4, -0.2) is 0 Å². The van der Waals surface area contributed by atoms with Gasteiger partial charge in [-0.2, -0.15) is 0 Å². The van der Waals surface area contributed by atoms with Gasteiger partial charge in [-0.3, -0.25) is 0 Å². The SMILES string of the molecule is c1ccc(-c2ccc(N(c3cccc4c3-c3ccccc3C43c4ccccc4-c4ccccc43)c3ccc4ccc5c(N(c6ccc(-c7ccccc7)cc6)c6cccc7c6-c6ccccc6C76c7ccccc7-c7ccccc76)ccc6ccc3c4c65)cc2)cc1. The Bertz CT molecular complexity index is 5260. The minimum atomic E-state index is -0.502. The van der Waals surface area contributed by atoms with Crippen LogP contribution in [0.5, 0.6) is 0 Å². The van der Waals surface area contributed by atoms with Crippen molar-refractivity contribution in [2.75, 3.05) is 9.80 Å². The summed E-state index contributed by atoms with van der Waals surface area (Å²) in [6.45, 7) is 0. The van der Waals surface area contributed by atoms with Gasteiger partial charge in [-0.1, -0.05) is 291 Å². The van der Waals surface area contributed by atoms with E-state index in [-0.39, 0.29) is 0 Å². The maximum Gasteiger partial charge on any atom is 0.0726 e. The van der Waals surface area contributed by atoms with Gasteiger partial charge in [0.05, 0.1) is 33.6 Å². The van der Waals surface area contributed by atoms with Crippen molar-refractivity contribution in [1.29, 1.82) is 0 Å². The van der Waals surface area contributed by atoms with Gasteiger partial charge in [0.25, 0.3) is 0 Å². The van der Waals surface area contributed by atoms with Crippen molar-refractivity contribution >= 4 is 66.4 Å². The van der Waals surface area contributed by atoms with Crippen LogP contribution in [0.1, 0.15) is 44.5 Å². The average Bonchev–Trinajstić information content (AvgIpc) is 1.51. The van der Waals surface area contributed by atoms with E-state index in [0.717, 1.165) is 34.1 Å². The lowest BCUT2D eigenvalue weighted by molar-refractivity contribution is 0.794. The minimum absolute atomic E-state index is 0.502. The van der Waals surface area contributed by atoms with Gasteiger partial charge in [0.1, 0.15) is 0 Å². The van der Waals surface area contributed by atoms with Crippen LogP contribution < -0.4 is 9.80 Å². The number of benzene rings is 16. The van der Waals surface area contributed by atoms with E-state index in [4.69, 9.17) is 0 Å².